The summed E-state index contributed by atoms with van der Waals surface area (Å²) >= 11 is 0. The SMILES string of the molecule is C=C1CCCC(CCCNC(C)=O)C1. The van der Waals surface area contributed by atoms with Crippen molar-refractivity contribution in [3.8, 4) is 0 Å². The highest BCUT2D eigenvalue weighted by Gasteiger charge is 2.14. The van der Waals surface area contributed by atoms with E-state index in [2.05, 4.69) is 11.9 Å². The number of carbonyl (C=O) groups is 1. The van der Waals surface area contributed by atoms with Gasteiger partial charge in [0.05, 0.1) is 0 Å². The van der Waals surface area contributed by atoms with E-state index in [1.165, 1.54) is 37.7 Å². The van der Waals surface area contributed by atoms with Crippen molar-refractivity contribution < 1.29 is 4.79 Å². The Balaban J connectivity index is 2.06. The molecule has 1 fully saturated rings. The van der Waals surface area contributed by atoms with Gasteiger partial charge in [-0.15, -0.1) is 0 Å². The summed E-state index contributed by atoms with van der Waals surface area (Å²) in [7, 11) is 0. The van der Waals surface area contributed by atoms with Gasteiger partial charge in [0, 0.05) is 13.5 Å². The molecule has 1 amide bonds. The third kappa shape index (κ3) is 4.45. The molecule has 0 saturated heterocycles. The van der Waals surface area contributed by atoms with Gasteiger partial charge in [0.15, 0.2) is 0 Å². The van der Waals surface area contributed by atoms with E-state index in [9.17, 15) is 4.79 Å². The van der Waals surface area contributed by atoms with Crippen LogP contribution in [-0.4, -0.2) is 12.5 Å². The summed E-state index contributed by atoms with van der Waals surface area (Å²) in [4.78, 5) is 10.6. The number of carbonyl (C=O) groups excluding carboxylic acids is 1. The highest BCUT2D eigenvalue weighted by molar-refractivity contribution is 5.72. The molecule has 0 aliphatic heterocycles. The van der Waals surface area contributed by atoms with Crippen LogP contribution in [0.3, 0.4) is 0 Å². The molecule has 1 N–H and O–H groups in total. The molecule has 0 aromatic rings. The average Bonchev–Trinajstić information content (AvgIpc) is 2.12. The van der Waals surface area contributed by atoms with Crippen molar-refractivity contribution >= 4 is 5.91 Å². The third-order valence-electron chi connectivity index (χ3n) is 2.88. The summed E-state index contributed by atoms with van der Waals surface area (Å²) in [5, 5.41) is 2.83. The first-order chi connectivity index (χ1) is 6.68. The first-order valence-corrected chi connectivity index (χ1v) is 5.59. The van der Waals surface area contributed by atoms with Crippen molar-refractivity contribution in [3.05, 3.63) is 12.2 Å². The van der Waals surface area contributed by atoms with Crippen LogP contribution in [0, 0.1) is 5.92 Å². The van der Waals surface area contributed by atoms with Crippen LogP contribution in [0.1, 0.15) is 45.4 Å². The number of nitrogens with one attached hydrogen (secondary N) is 1. The Bertz CT molecular complexity index is 210. The van der Waals surface area contributed by atoms with E-state index >= 15 is 0 Å². The predicted octanol–water partition coefficient (Wildman–Crippen LogP) is 2.65. The lowest BCUT2D eigenvalue weighted by Gasteiger charge is -2.23. The molecular weight excluding hydrogens is 174 g/mol. The molecule has 80 valence electrons. The largest absolute Gasteiger partial charge is 0.356 e. The van der Waals surface area contributed by atoms with Crippen LogP contribution in [0.15, 0.2) is 12.2 Å². The van der Waals surface area contributed by atoms with E-state index in [0.717, 1.165) is 18.9 Å². The molecule has 2 nitrogen and oxygen atoms in total. The molecule has 1 atom stereocenters. The second-order valence-electron chi connectivity index (χ2n) is 4.34. The quantitative estimate of drug-likeness (QED) is 0.542. The first-order valence-electron chi connectivity index (χ1n) is 5.59. The molecule has 1 aliphatic carbocycles. The molecular formula is C12H21NO. The van der Waals surface area contributed by atoms with E-state index < -0.39 is 0 Å². The van der Waals surface area contributed by atoms with Gasteiger partial charge in [-0.2, -0.15) is 0 Å². The van der Waals surface area contributed by atoms with E-state index in [1.807, 2.05) is 0 Å². The van der Waals surface area contributed by atoms with Crippen LogP contribution in [0.25, 0.3) is 0 Å². The Labute approximate surface area is 86.8 Å². The van der Waals surface area contributed by atoms with Crippen LogP contribution in [0.5, 0.6) is 0 Å². The van der Waals surface area contributed by atoms with Gasteiger partial charge in [-0.3, -0.25) is 4.79 Å². The Kier molecular flexibility index (Phi) is 4.71. The zero-order valence-electron chi connectivity index (χ0n) is 9.14. The third-order valence-corrected chi connectivity index (χ3v) is 2.88. The highest BCUT2D eigenvalue weighted by Crippen LogP contribution is 2.29. The molecule has 0 radical (unpaired) electrons. The molecule has 1 unspecified atom stereocenters. The van der Waals surface area contributed by atoms with Crippen molar-refractivity contribution in [2.24, 2.45) is 5.92 Å². The minimum absolute atomic E-state index is 0.0815. The molecule has 0 bridgehead atoms. The summed E-state index contributed by atoms with van der Waals surface area (Å²) < 4.78 is 0. The topological polar surface area (TPSA) is 29.1 Å². The maximum Gasteiger partial charge on any atom is 0.216 e. The zero-order valence-corrected chi connectivity index (χ0v) is 9.14. The first kappa shape index (κ1) is 11.3. The number of amides is 1. The zero-order chi connectivity index (χ0) is 10.4. The molecule has 1 aliphatic rings. The minimum atomic E-state index is 0.0815. The van der Waals surface area contributed by atoms with Crippen LogP contribution >= 0.6 is 0 Å². The summed E-state index contributed by atoms with van der Waals surface area (Å²) in [6.07, 6.45) is 7.43. The van der Waals surface area contributed by atoms with Gasteiger partial charge < -0.3 is 5.32 Å². The van der Waals surface area contributed by atoms with Crippen LogP contribution < -0.4 is 5.32 Å². The number of hydrogen-bond acceptors (Lipinski definition) is 1. The second-order valence-corrected chi connectivity index (χ2v) is 4.34. The Morgan fingerprint density at radius 1 is 1.64 bits per heavy atom. The summed E-state index contributed by atoms with van der Waals surface area (Å²) in [5.74, 6) is 0.906. The Hall–Kier alpha value is -0.790. The summed E-state index contributed by atoms with van der Waals surface area (Å²) in [6, 6.07) is 0. The van der Waals surface area contributed by atoms with E-state index in [0.29, 0.717) is 0 Å². The summed E-state index contributed by atoms with van der Waals surface area (Å²) in [5.41, 5.74) is 1.42. The molecule has 1 rings (SSSR count). The van der Waals surface area contributed by atoms with E-state index in [-0.39, 0.29) is 5.91 Å². The van der Waals surface area contributed by atoms with Crippen molar-refractivity contribution in [2.45, 2.75) is 45.4 Å². The molecule has 0 spiro atoms. The van der Waals surface area contributed by atoms with Crippen LogP contribution in [-0.2, 0) is 4.79 Å². The second kappa shape index (κ2) is 5.84. The van der Waals surface area contributed by atoms with Gasteiger partial charge in [0.1, 0.15) is 0 Å². The van der Waals surface area contributed by atoms with Gasteiger partial charge in [0.25, 0.3) is 0 Å². The van der Waals surface area contributed by atoms with Crippen molar-refractivity contribution in [1.82, 2.24) is 5.32 Å². The fourth-order valence-electron chi connectivity index (χ4n) is 2.15. The molecule has 0 heterocycles. The van der Waals surface area contributed by atoms with Gasteiger partial charge in [-0.05, 0) is 44.4 Å². The molecule has 1 saturated carbocycles. The van der Waals surface area contributed by atoms with Crippen LogP contribution in [0.4, 0.5) is 0 Å². The van der Waals surface area contributed by atoms with Crippen LogP contribution in [0.2, 0.25) is 0 Å². The normalized spacial score (nSPS) is 22.1. The van der Waals surface area contributed by atoms with Crippen molar-refractivity contribution in [2.75, 3.05) is 6.54 Å². The standard InChI is InChI=1S/C12H21NO/c1-10-5-3-6-12(9-10)7-4-8-13-11(2)14/h12H,1,3-9H2,2H3,(H,13,14). The lowest BCUT2D eigenvalue weighted by atomic mass is 9.83. The number of allylic oxidation sites excluding steroid dienone is 1. The van der Waals surface area contributed by atoms with E-state index in [4.69, 9.17) is 0 Å². The van der Waals surface area contributed by atoms with Gasteiger partial charge >= 0.3 is 0 Å². The van der Waals surface area contributed by atoms with Gasteiger partial charge in [-0.1, -0.05) is 12.2 Å². The Morgan fingerprint density at radius 3 is 3.07 bits per heavy atom. The highest BCUT2D eigenvalue weighted by atomic mass is 16.1. The fourth-order valence-corrected chi connectivity index (χ4v) is 2.15. The summed E-state index contributed by atoms with van der Waals surface area (Å²) in [6.45, 7) is 6.45. The maximum atomic E-state index is 10.6. The molecule has 2 heteroatoms. The lowest BCUT2D eigenvalue weighted by Crippen LogP contribution is -2.21. The Morgan fingerprint density at radius 2 is 2.43 bits per heavy atom. The number of rotatable bonds is 4. The minimum Gasteiger partial charge on any atom is -0.356 e. The van der Waals surface area contributed by atoms with Gasteiger partial charge in [0.2, 0.25) is 5.91 Å². The van der Waals surface area contributed by atoms with Gasteiger partial charge in [-0.25, -0.2) is 0 Å². The lowest BCUT2D eigenvalue weighted by molar-refractivity contribution is -0.118. The molecule has 0 aromatic carbocycles. The van der Waals surface area contributed by atoms with Crippen molar-refractivity contribution in [3.63, 3.8) is 0 Å². The maximum absolute atomic E-state index is 10.6. The van der Waals surface area contributed by atoms with E-state index in [1.54, 1.807) is 6.92 Å². The smallest absolute Gasteiger partial charge is 0.216 e. The molecule has 0 aromatic heterocycles. The predicted molar refractivity (Wildman–Crippen MR) is 59.0 cm³/mol. The number of hydrogen-bond donors (Lipinski definition) is 1. The average molecular weight is 195 g/mol. The molecule has 14 heavy (non-hydrogen) atoms. The monoisotopic (exact) mass is 195 g/mol. The fraction of sp³-hybridized carbons (Fsp3) is 0.750. The van der Waals surface area contributed by atoms with Crippen molar-refractivity contribution in [1.29, 1.82) is 0 Å².